The fourth-order valence-corrected chi connectivity index (χ4v) is 2.55. The number of hydrogen-bond acceptors (Lipinski definition) is 3. The molecule has 0 atom stereocenters. The number of hydrogen-bond donors (Lipinski definition) is 1. The maximum atomic E-state index is 5.28. The van der Waals surface area contributed by atoms with E-state index in [0.29, 0.717) is 0 Å². The Kier molecular flexibility index (Phi) is 4.51. The third-order valence-corrected chi connectivity index (χ3v) is 3.52. The van der Waals surface area contributed by atoms with E-state index in [2.05, 4.69) is 40.5 Å². The Morgan fingerprint density at radius 2 is 1.89 bits per heavy atom. The van der Waals surface area contributed by atoms with Gasteiger partial charge in [-0.05, 0) is 29.7 Å². The second-order valence-corrected chi connectivity index (χ2v) is 4.60. The molecule has 1 heterocycles. The van der Waals surface area contributed by atoms with Crippen LogP contribution in [0.5, 0.6) is 5.75 Å². The quantitative estimate of drug-likeness (QED) is 0.914. The van der Waals surface area contributed by atoms with Gasteiger partial charge in [-0.3, -0.25) is 0 Å². The summed E-state index contributed by atoms with van der Waals surface area (Å²) >= 11 is 0. The third-order valence-electron chi connectivity index (χ3n) is 3.52. The predicted molar refractivity (Wildman–Crippen MR) is 82.8 cm³/mol. The van der Waals surface area contributed by atoms with Crippen molar-refractivity contribution >= 4 is 28.9 Å². The minimum atomic E-state index is 0. The molecule has 1 fully saturated rings. The van der Waals surface area contributed by atoms with Gasteiger partial charge in [0.05, 0.1) is 7.11 Å². The molecule has 0 saturated carbocycles. The van der Waals surface area contributed by atoms with Gasteiger partial charge in [0.2, 0.25) is 0 Å². The lowest BCUT2D eigenvalue weighted by molar-refractivity contribution is 0.415. The molecule has 0 spiro atoms. The van der Waals surface area contributed by atoms with Crippen molar-refractivity contribution in [2.24, 2.45) is 0 Å². The lowest BCUT2D eigenvalue weighted by Crippen LogP contribution is -2.43. The second kappa shape index (κ2) is 6.13. The molecule has 3 rings (SSSR count). The number of benzene rings is 2. The Morgan fingerprint density at radius 3 is 2.63 bits per heavy atom. The number of halogens is 1. The number of ether oxygens (including phenoxy) is 1. The Bertz CT molecular complexity index is 553. The molecule has 1 N–H and O–H groups in total. The number of piperazine rings is 1. The van der Waals surface area contributed by atoms with Crippen LogP contribution in [0.15, 0.2) is 36.4 Å². The van der Waals surface area contributed by atoms with Crippen LogP contribution in [0, 0.1) is 0 Å². The number of nitrogens with zero attached hydrogens (tertiary/aromatic N) is 1. The molecule has 0 unspecified atom stereocenters. The normalized spacial score (nSPS) is 15.1. The zero-order valence-corrected chi connectivity index (χ0v) is 11.9. The molecule has 2 aromatic carbocycles. The van der Waals surface area contributed by atoms with Gasteiger partial charge in [-0.2, -0.15) is 0 Å². The standard InChI is InChI=1S/C15H18N2O.ClH/c1-18-13-5-6-14-12(11-13)3-2-4-15(14)17-9-7-16-8-10-17;/h2-6,11,16H,7-10H2,1H3;1H. The summed E-state index contributed by atoms with van der Waals surface area (Å²) in [5, 5.41) is 5.94. The fraction of sp³-hybridized carbons (Fsp3) is 0.333. The van der Waals surface area contributed by atoms with Crippen molar-refractivity contribution < 1.29 is 4.74 Å². The summed E-state index contributed by atoms with van der Waals surface area (Å²) in [5.41, 5.74) is 1.33. The summed E-state index contributed by atoms with van der Waals surface area (Å²) in [7, 11) is 1.71. The number of anilines is 1. The first-order valence-corrected chi connectivity index (χ1v) is 6.41. The van der Waals surface area contributed by atoms with E-state index in [4.69, 9.17) is 4.74 Å². The Balaban J connectivity index is 0.00000133. The zero-order chi connectivity index (χ0) is 12.4. The Morgan fingerprint density at radius 1 is 1.11 bits per heavy atom. The van der Waals surface area contributed by atoms with Crippen molar-refractivity contribution in [3.8, 4) is 5.75 Å². The van der Waals surface area contributed by atoms with Gasteiger partial charge in [0.25, 0.3) is 0 Å². The molecule has 19 heavy (non-hydrogen) atoms. The van der Waals surface area contributed by atoms with Crippen LogP contribution >= 0.6 is 12.4 Å². The van der Waals surface area contributed by atoms with E-state index in [9.17, 15) is 0 Å². The first-order chi connectivity index (χ1) is 8.88. The van der Waals surface area contributed by atoms with Crippen molar-refractivity contribution in [2.45, 2.75) is 0 Å². The summed E-state index contributed by atoms with van der Waals surface area (Å²) in [6.45, 7) is 4.27. The maximum absolute atomic E-state index is 5.28. The molecular formula is C15H19ClN2O. The highest BCUT2D eigenvalue weighted by atomic mass is 35.5. The lowest BCUT2D eigenvalue weighted by atomic mass is 10.1. The summed E-state index contributed by atoms with van der Waals surface area (Å²) in [4.78, 5) is 2.45. The average Bonchev–Trinajstić information content (AvgIpc) is 2.47. The van der Waals surface area contributed by atoms with Gasteiger partial charge in [-0.1, -0.05) is 12.1 Å². The van der Waals surface area contributed by atoms with Crippen molar-refractivity contribution in [1.29, 1.82) is 0 Å². The smallest absolute Gasteiger partial charge is 0.119 e. The summed E-state index contributed by atoms with van der Waals surface area (Å²) in [6, 6.07) is 12.8. The van der Waals surface area contributed by atoms with Crippen molar-refractivity contribution in [1.82, 2.24) is 5.32 Å². The van der Waals surface area contributed by atoms with Gasteiger partial charge in [0.1, 0.15) is 5.75 Å². The van der Waals surface area contributed by atoms with Crippen molar-refractivity contribution in [3.05, 3.63) is 36.4 Å². The van der Waals surface area contributed by atoms with Crippen molar-refractivity contribution in [3.63, 3.8) is 0 Å². The summed E-state index contributed by atoms with van der Waals surface area (Å²) in [5.74, 6) is 0.917. The highest BCUT2D eigenvalue weighted by Gasteiger charge is 2.12. The van der Waals surface area contributed by atoms with E-state index < -0.39 is 0 Å². The molecule has 0 aliphatic carbocycles. The number of fused-ring (bicyclic) bond motifs is 1. The Hall–Kier alpha value is -1.45. The topological polar surface area (TPSA) is 24.5 Å². The van der Waals surface area contributed by atoms with E-state index in [-0.39, 0.29) is 12.4 Å². The molecule has 0 radical (unpaired) electrons. The molecule has 3 nitrogen and oxygen atoms in total. The molecule has 102 valence electrons. The summed E-state index contributed by atoms with van der Waals surface area (Å²) < 4.78 is 5.28. The molecule has 1 aliphatic rings. The maximum Gasteiger partial charge on any atom is 0.119 e. The summed E-state index contributed by atoms with van der Waals surface area (Å²) in [6.07, 6.45) is 0. The monoisotopic (exact) mass is 278 g/mol. The van der Waals surface area contributed by atoms with Gasteiger partial charge >= 0.3 is 0 Å². The third kappa shape index (κ3) is 2.77. The van der Waals surface area contributed by atoms with Gasteiger partial charge in [-0.15, -0.1) is 12.4 Å². The van der Waals surface area contributed by atoms with Crippen LogP contribution in [0.4, 0.5) is 5.69 Å². The van der Waals surface area contributed by atoms with E-state index in [1.807, 2.05) is 6.07 Å². The minimum absolute atomic E-state index is 0. The molecule has 4 heteroatoms. The van der Waals surface area contributed by atoms with Gasteiger partial charge < -0.3 is 15.0 Å². The molecule has 0 aromatic heterocycles. The number of rotatable bonds is 2. The van der Waals surface area contributed by atoms with Gasteiger partial charge in [0.15, 0.2) is 0 Å². The highest BCUT2D eigenvalue weighted by molar-refractivity contribution is 5.95. The highest BCUT2D eigenvalue weighted by Crippen LogP contribution is 2.29. The van der Waals surface area contributed by atoms with E-state index in [1.165, 1.54) is 16.5 Å². The van der Waals surface area contributed by atoms with Crippen LogP contribution in [-0.2, 0) is 0 Å². The van der Waals surface area contributed by atoms with E-state index >= 15 is 0 Å². The van der Waals surface area contributed by atoms with Crippen LogP contribution in [-0.4, -0.2) is 33.3 Å². The van der Waals surface area contributed by atoms with Gasteiger partial charge in [-0.25, -0.2) is 0 Å². The van der Waals surface area contributed by atoms with Crippen LogP contribution in [0.25, 0.3) is 10.8 Å². The van der Waals surface area contributed by atoms with Gasteiger partial charge in [0, 0.05) is 37.3 Å². The fourth-order valence-electron chi connectivity index (χ4n) is 2.55. The largest absolute Gasteiger partial charge is 0.497 e. The SMILES string of the molecule is COc1ccc2c(N3CCNCC3)cccc2c1.Cl. The predicted octanol–water partition coefficient (Wildman–Crippen LogP) is 2.68. The molecule has 0 amide bonds. The lowest BCUT2D eigenvalue weighted by Gasteiger charge is -2.30. The molecular weight excluding hydrogens is 260 g/mol. The molecule has 1 saturated heterocycles. The van der Waals surface area contributed by atoms with Crippen LogP contribution < -0.4 is 15.0 Å². The molecule has 0 bridgehead atoms. The van der Waals surface area contributed by atoms with E-state index in [0.717, 1.165) is 31.9 Å². The van der Waals surface area contributed by atoms with Crippen LogP contribution in [0.1, 0.15) is 0 Å². The minimum Gasteiger partial charge on any atom is -0.497 e. The Labute approximate surface area is 120 Å². The van der Waals surface area contributed by atoms with Crippen LogP contribution in [0.3, 0.4) is 0 Å². The second-order valence-electron chi connectivity index (χ2n) is 4.60. The first kappa shape index (κ1) is 14.0. The number of methoxy groups -OCH3 is 1. The van der Waals surface area contributed by atoms with Crippen LogP contribution in [0.2, 0.25) is 0 Å². The number of nitrogens with one attached hydrogen (secondary N) is 1. The molecule has 1 aliphatic heterocycles. The molecule has 2 aromatic rings. The van der Waals surface area contributed by atoms with E-state index in [1.54, 1.807) is 7.11 Å². The zero-order valence-electron chi connectivity index (χ0n) is 11.1. The van der Waals surface area contributed by atoms with Crippen molar-refractivity contribution in [2.75, 3.05) is 38.2 Å². The first-order valence-electron chi connectivity index (χ1n) is 6.41. The average molecular weight is 279 g/mol.